The number of aliphatic imine (C=N–C) groups is 1. The molecular formula is C20H28N4O. The van der Waals surface area contributed by atoms with Crippen molar-refractivity contribution in [3.63, 3.8) is 0 Å². The van der Waals surface area contributed by atoms with Crippen LogP contribution >= 0.6 is 0 Å². The third-order valence-corrected chi connectivity index (χ3v) is 4.41. The summed E-state index contributed by atoms with van der Waals surface area (Å²) in [6, 6.07) is 10.6. The number of hydrogen-bond donors (Lipinski definition) is 2. The largest absolute Gasteiger partial charge is 0.357 e. The zero-order valence-corrected chi connectivity index (χ0v) is 15.0. The Hall–Kier alpha value is -2.48. The molecule has 0 bridgehead atoms. The molecule has 5 nitrogen and oxygen atoms in total. The van der Waals surface area contributed by atoms with E-state index in [1.165, 1.54) is 5.56 Å². The fourth-order valence-electron chi connectivity index (χ4n) is 3.06. The molecule has 0 radical (unpaired) electrons. The van der Waals surface area contributed by atoms with Gasteiger partial charge in [0.2, 0.25) is 5.91 Å². The first-order valence-electron chi connectivity index (χ1n) is 9.00. The van der Waals surface area contributed by atoms with Gasteiger partial charge in [0.25, 0.3) is 0 Å². The van der Waals surface area contributed by atoms with Crippen LogP contribution in [0.3, 0.4) is 0 Å². The monoisotopic (exact) mass is 340 g/mol. The van der Waals surface area contributed by atoms with Crippen molar-refractivity contribution >= 4 is 11.9 Å². The van der Waals surface area contributed by atoms with E-state index in [4.69, 9.17) is 6.42 Å². The number of hydrogen-bond acceptors (Lipinski definition) is 2. The Morgan fingerprint density at radius 3 is 2.64 bits per heavy atom. The lowest BCUT2D eigenvalue weighted by Crippen LogP contribution is -2.42. The third-order valence-electron chi connectivity index (χ3n) is 4.41. The molecule has 2 rings (SSSR count). The maximum absolute atomic E-state index is 12.4. The number of nitrogens with one attached hydrogen (secondary N) is 2. The van der Waals surface area contributed by atoms with Crippen LogP contribution < -0.4 is 10.6 Å². The molecule has 1 saturated heterocycles. The molecular weight excluding hydrogens is 312 g/mol. The number of piperidine rings is 1. The van der Waals surface area contributed by atoms with E-state index in [1.54, 1.807) is 0 Å². The van der Waals surface area contributed by atoms with Crippen molar-refractivity contribution in [2.75, 3.05) is 32.7 Å². The van der Waals surface area contributed by atoms with Crippen LogP contribution in [0.4, 0.5) is 0 Å². The number of likely N-dealkylation sites (tertiary alicyclic amines) is 1. The van der Waals surface area contributed by atoms with Crippen molar-refractivity contribution in [1.29, 1.82) is 0 Å². The van der Waals surface area contributed by atoms with Gasteiger partial charge in [0.1, 0.15) is 6.54 Å². The summed E-state index contributed by atoms with van der Waals surface area (Å²) in [5.74, 6) is 3.83. The molecule has 0 spiro atoms. The molecule has 0 unspecified atom stereocenters. The first-order valence-corrected chi connectivity index (χ1v) is 9.00. The Morgan fingerprint density at radius 1 is 1.28 bits per heavy atom. The zero-order valence-electron chi connectivity index (χ0n) is 15.0. The van der Waals surface area contributed by atoms with Crippen LogP contribution in [-0.2, 0) is 11.2 Å². The van der Waals surface area contributed by atoms with Crippen molar-refractivity contribution in [3.05, 3.63) is 35.9 Å². The van der Waals surface area contributed by atoms with Gasteiger partial charge < -0.3 is 15.5 Å². The lowest BCUT2D eigenvalue weighted by molar-refractivity contribution is -0.130. The third kappa shape index (κ3) is 6.50. The molecule has 0 saturated carbocycles. The van der Waals surface area contributed by atoms with Crippen molar-refractivity contribution in [1.82, 2.24) is 15.5 Å². The lowest BCUT2D eigenvalue weighted by Gasteiger charge is -2.31. The summed E-state index contributed by atoms with van der Waals surface area (Å²) < 4.78 is 0. The summed E-state index contributed by atoms with van der Waals surface area (Å²) in [6.07, 6.45) is 8.45. The number of guanidine groups is 1. The van der Waals surface area contributed by atoms with Gasteiger partial charge in [-0.25, -0.2) is 4.99 Å². The number of amides is 1. The number of nitrogens with zero attached hydrogens (tertiary/aromatic N) is 2. The number of carbonyl (C=O) groups excluding carboxylic acids is 1. The molecule has 2 N–H and O–H groups in total. The molecule has 1 aromatic rings. The van der Waals surface area contributed by atoms with E-state index in [2.05, 4.69) is 45.8 Å². The smallest absolute Gasteiger partial charge is 0.244 e. The topological polar surface area (TPSA) is 56.7 Å². The van der Waals surface area contributed by atoms with Crippen LogP contribution in [0.15, 0.2) is 35.3 Å². The van der Waals surface area contributed by atoms with E-state index in [1.807, 2.05) is 17.9 Å². The van der Waals surface area contributed by atoms with Crippen LogP contribution in [-0.4, -0.2) is 49.5 Å². The number of rotatable bonds is 6. The summed E-state index contributed by atoms with van der Waals surface area (Å²) in [5, 5.41) is 6.08. The lowest BCUT2D eigenvalue weighted by atomic mass is 9.90. The van der Waals surface area contributed by atoms with Gasteiger partial charge in [-0.1, -0.05) is 36.3 Å². The molecule has 1 aliphatic heterocycles. The molecule has 1 amide bonds. The number of benzene rings is 1. The Labute approximate surface area is 150 Å². The summed E-state index contributed by atoms with van der Waals surface area (Å²) in [4.78, 5) is 18.6. The normalized spacial score (nSPS) is 15.5. The van der Waals surface area contributed by atoms with Crippen molar-refractivity contribution in [2.24, 2.45) is 10.9 Å². The van der Waals surface area contributed by atoms with Crippen LogP contribution in [0.5, 0.6) is 0 Å². The van der Waals surface area contributed by atoms with Crippen LogP contribution in [0.1, 0.15) is 25.3 Å². The maximum atomic E-state index is 12.4. The minimum absolute atomic E-state index is 0.0797. The molecule has 0 aliphatic carbocycles. The van der Waals surface area contributed by atoms with E-state index >= 15 is 0 Å². The minimum atomic E-state index is 0.0797. The predicted molar refractivity (Wildman–Crippen MR) is 102 cm³/mol. The second-order valence-electron chi connectivity index (χ2n) is 6.27. The van der Waals surface area contributed by atoms with Gasteiger partial charge in [0, 0.05) is 19.6 Å². The predicted octanol–water partition coefficient (Wildman–Crippen LogP) is 1.66. The maximum Gasteiger partial charge on any atom is 0.244 e. The standard InChI is InChI=1S/C20H28N4O/c1-3-12-22-20(21-4-2)23-16-19(25)24-13-10-18(11-14-24)15-17-8-6-5-7-9-17/h1,5-9,18H,4,10-16H2,2H3,(H2,21,22,23). The Morgan fingerprint density at radius 2 is 2.00 bits per heavy atom. The zero-order chi connectivity index (χ0) is 17.9. The van der Waals surface area contributed by atoms with Crippen molar-refractivity contribution in [3.8, 4) is 12.3 Å². The summed E-state index contributed by atoms with van der Waals surface area (Å²) >= 11 is 0. The highest BCUT2D eigenvalue weighted by molar-refractivity contribution is 5.85. The molecule has 1 heterocycles. The van der Waals surface area contributed by atoms with Gasteiger partial charge >= 0.3 is 0 Å². The van der Waals surface area contributed by atoms with E-state index in [0.717, 1.165) is 38.9 Å². The Balaban J connectivity index is 1.77. The van der Waals surface area contributed by atoms with Crippen LogP contribution in [0, 0.1) is 18.3 Å². The highest BCUT2D eigenvalue weighted by Crippen LogP contribution is 2.21. The van der Waals surface area contributed by atoms with E-state index in [-0.39, 0.29) is 12.5 Å². The highest BCUT2D eigenvalue weighted by Gasteiger charge is 2.22. The highest BCUT2D eigenvalue weighted by atomic mass is 16.2. The molecule has 134 valence electrons. The molecule has 1 aromatic carbocycles. The average molecular weight is 340 g/mol. The van der Waals surface area contributed by atoms with Crippen molar-refractivity contribution in [2.45, 2.75) is 26.2 Å². The molecule has 25 heavy (non-hydrogen) atoms. The molecule has 0 aromatic heterocycles. The molecule has 5 heteroatoms. The van der Waals surface area contributed by atoms with E-state index in [9.17, 15) is 4.79 Å². The SMILES string of the molecule is C#CCNC(=NCC(=O)N1CCC(Cc2ccccc2)CC1)NCC. The van der Waals surface area contributed by atoms with Crippen LogP contribution in [0.2, 0.25) is 0 Å². The average Bonchev–Trinajstić information content (AvgIpc) is 2.65. The number of carbonyl (C=O) groups is 1. The van der Waals surface area contributed by atoms with Gasteiger partial charge in [-0.05, 0) is 37.7 Å². The van der Waals surface area contributed by atoms with E-state index < -0.39 is 0 Å². The van der Waals surface area contributed by atoms with Gasteiger partial charge in [-0.2, -0.15) is 0 Å². The first-order chi connectivity index (χ1) is 12.2. The van der Waals surface area contributed by atoms with Gasteiger partial charge in [0.15, 0.2) is 5.96 Å². The van der Waals surface area contributed by atoms with Gasteiger partial charge in [0.05, 0.1) is 6.54 Å². The summed E-state index contributed by atoms with van der Waals surface area (Å²) in [5.41, 5.74) is 1.38. The summed E-state index contributed by atoms with van der Waals surface area (Å²) in [6.45, 7) is 4.90. The van der Waals surface area contributed by atoms with Gasteiger partial charge in [-0.3, -0.25) is 4.79 Å². The quantitative estimate of drug-likeness (QED) is 0.470. The van der Waals surface area contributed by atoms with Crippen LogP contribution in [0.25, 0.3) is 0 Å². The fourth-order valence-corrected chi connectivity index (χ4v) is 3.06. The number of terminal acetylenes is 1. The molecule has 0 atom stereocenters. The minimum Gasteiger partial charge on any atom is -0.357 e. The fraction of sp³-hybridized carbons (Fsp3) is 0.500. The Bertz CT molecular complexity index is 598. The summed E-state index contributed by atoms with van der Waals surface area (Å²) in [7, 11) is 0. The second kappa shape index (κ2) is 10.4. The van der Waals surface area contributed by atoms with Gasteiger partial charge in [-0.15, -0.1) is 6.42 Å². The van der Waals surface area contributed by atoms with E-state index in [0.29, 0.717) is 18.4 Å². The molecule has 1 fully saturated rings. The second-order valence-corrected chi connectivity index (χ2v) is 6.27. The molecule has 1 aliphatic rings. The first kappa shape index (κ1) is 18.9. The Kier molecular flexibility index (Phi) is 7.84. The van der Waals surface area contributed by atoms with Crippen molar-refractivity contribution < 1.29 is 4.79 Å².